The maximum Gasteiger partial charge on any atom is 0.573 e. The number of hydrogen-bond donors (Lipinski definition) is 1. The van der Waals surface area contributed by atoms with Crippen molar-refractivity contribution in [3.8, 4) is 11.5 Å². The van der Waals surface area contributed by atoms with Gasteiger partial charge in [0.1, 0.15) is 11.5 Å². The first-order valence-electron chi connectivity index (χ1n) is 6.19. The molecule has 0 aliphatic carbocycles. The summed E-state index contributed by atoms with van der Waals surface area (Å²) >= 11 is 0. The van der Waals surface area contributed by atoms with E-state index in [0.29, 0.717) is 17.0 Å². The van der Waals surface area contributed by atoms with Crippen LogP contribution in [0.3, 0.4) is 0 Å². The normalized spacial score (nSPS) is 10.9. The second kappa shape index (κ2) is 6.38. The van der Waals surface area contributed by atoms with Gasteiger partial charge in [-0.25, -0.2) is 0 Å². The lowest BCUT2D eigenvalue weighted by Gasteiger charge is -2.11. The molecule has 0 spiro atoms. The summed E-state index contributed by atoms with van der Waals surface area (Å²) < 4.78 is 45.0. The topological polar surface area (TPSA) is 47.6 Å². The number of hydrogen-bond acceptors (Lipinski definition) is 3. The predicted molar refractivity (Wildman–Crippen MR) is 74.1 cm³/mol. The van der Waals surface area contributed by atoms with Gasteiger partial charge >= 0.3 is 6.36 Å². The van der Waals surface area contributed by atoms with Crippen LogP contribution in [0.5, 0.6) is 11.5 Å². The van der Waals surface area contributed by atoms with Crippen molar-refractivity contribution in [1.29, 1.82) is 0 Å². The summed E-state index contributed by atoms with van der Waals surface area (Å²) in [4.78, 5) is 12.1. The van der Waals surface area contributed by atoms with Gasteiger partial charge in [-0.3, -0.25) is 4.79 Å². The third kappa shape index (κ3) is 4.15. The number of alkyl halides is 3. The van der Waals surface area contributed by atoms with Crippen LogP contribution in [-0.2, 0) is 0 Å². The van der Waals surface area contributed by atoms with Gasteiger partial charge in [-0.1, -0.05) is 12.1 Å². The minimum Gasteiger partial charge on any atom is -0.496 e. The first-order valence-corrected chi connectivity index (χ1v) is 6.19. The molecule has 1 N–H and O–H groups in total. The molecule has 0 bridgehead atoms. The zero-order valence-electron chi connectivity index (χ0n) is 11.5. The van der Waals surface area contributed by atoms with Crippen LogP contribution < -0.4 is 14.8 Å². The minimum absolute atomic E-state index is 0.320. The lowest BCUT2D eigenvalue weighted by atomic mass is 10.2. The van der Waals surface area contributed by atoms with Crippen LogP contribution in [0.15, 0.2) is 48.5 Å². The van der Waals surface area contributed by atoms with Crippen LogP contribution in [-0.4, -0.2) is 19.4 Å². The summed E-state index contributed by atoms with van der Waals surface area (Å²) in [7, 11) is 1.44. The van der Waals surface area contributed by atoms with Crippen LogP contribution in [0.4, 0.5) is 18.9 Å². The molecule has 0 aromatic heterocycles. The number of amides is 1. The van der Waals surface area contributed by atoms with Crippen LogP contribution in [0.1, 0.15) is 10.4 Å². The molecule has 0 saturated carbocycles. The summed E-state index contributed by atoms with van der Waals surface area (Å²) in [6, 6.07) is 11.5. The molecular formula is C15H12F3NO3. The number of halogens is 3. The molecule has 22 heavy (non-hydrogen) atoms. The van der Waals surface area contributed by atoms with Crippen molar-refractivity contribution in [3.05, 3.63) is 54.1 Å². The van der Waals surface area contributed by atoms with Crippen molar-refractivity contribution in [3.63, 3.8) is 0 Å². The molecule has 0 saturated heterocycles. The fourth-order valence-electron chi connectivity index (χ4n) is 1.77. The van der Waals surface area contributed by atoms with Gasteiger partial charge in [-0.15, -0.1) is 13.2 Å². The van der Waals surface area contributed by atoms with Crippen molar-refractivity contribution >= 4 is 11.6 Å². The number of carbonyl (C=O) groups excluding carboxylic acids is 1. The molecule has 0 aliphatic rings. The fraction of sp³-hybridized carbons (Fsp3) is 0.133. The number of ether oxygens (including phenoxy) is 2. The summed E-state index contributed by atoms with van der Waals surface area (Å²) in [6.45, 7) is 0. The highest BCUT2D eigenvalue weighted by molar-refractivity contribution is 6.06. The Morgan fingerprint density at radius 3 is 2.27 bits per heavy atom. The lowest BCUT2D eigenvalue weighted by molar-refractivity contribution is -0.274. The van der Waals surface area contributed by atoms with Crippen LogP contribution >= 0.6 is 0 Å². The SMILES string of the molecule is COc1ccccc1C(=O)Nc1ccc(OC(F)(F)F)cc1. The zero-order valence-corrected chi connectivity index (χ0v) is 11.5. The van der Waals surface area contributed by atoms with E-state index < -0.39 is 12.3 Å². The van der Waals surface area contributed by atoms with E-state index in [1.807, 2.05) is 0 Å². The Labute approximate surface area is 124 Å². The standard InChI is InChI=1S/C15H12F3NO3/c1-21-13-5-3-2-4-12(13)14(20)19-10-6-8-11(9-7-10)22-15(16,17)18/h2-9H,1H3,(H,19,20). The Morgan fingerprint density at radius 2 is 1.68 bits per heavy atom. The van der Waals surface area contributed by atoms with Gasteiger partial charge in [0.2, 0.25) is 0 Å². The number of rotatable bonds is 4. The third-order valence-corrected chi connectivity index (χ3v) is 2.70. The Morgan fingerprint density at radius 1 is 1.05 bits per heavy atom. The Kier molecular flexibility index (Phi) is 4.55. The summed E-state index contributed by atoms with van der Waals surface area (Å²) in [6.07, 6.45) is -4.75. The Balaban J connectivity index is 2.09. The van der Waals surface area contributed by atoms with E-state index >= 15 is 0 Å². The number of para-hydroxylation sites is 1. The van der Waals surface area contributed by atoms with Crippen LogP contribution in [0, 0.1) is 0 Å². The second-order valence-corrected chi connectivity index (χ2v) is 4.23. The van der Waals surface area contributed by atoms with Gasteiger partial charge in [-0.2, -0.15) is 0 Å². The molecule has 7 heteroatoms. The molecule has 2 aromatic carbocycles. The maximum atomic E-state index is 12.1. The van der Waals surface area contributed by atoms with Crippen molar-refractivity contribution in [1.82, 2.24) is 0 Å². The molecule has 0 atom stereocenters. The molecule has 0 fully saturated rings. The first-order chi connectivity index (χ1) is 10.4. The van der Waals surface area contributed by atoms with Crippen LogP contribution in [0.2, 0.25) is 0 Å². The predicted octanol–water partition coefficient (Wildman–Crippen LogP) is 3.85. The maximum absolute atomic E-state index is 12.1. The molecule has 2 aromatic rings. The smallest absolute Gasteiger partial charge is 0.496 e. The van der Waals surface area contributed by atoms with Crippen molar-refractivity contribution in [2.24, 2.45) is 0 Å². The highest BCUT2D eigenvalue weighted by Gasteiger charge is 2.30. The van der Waals surface area contributed by atoms with Gasteiger partial charge in [0.25, 0.3) is 5.91 Å². The zero-order chi connectivity index (χ0) is 16.2. The summed E-state index contributed by atoms with van der Waals surface area (Å²) in [5.74, 6) is -0.387. The van der Waals surface area contributed by atoms with E-state index in [4.69, 9.17) is 4.74 Å². The highest BCUT2D eigenvalue weighted by atomic mass is 19.4. The van der Waals surface area contributed by atoms with Gasteiger partial charge in [0.05, 0.1) is 12.7 Å². The van der Waals surface area contributed by atoms with Crippen molar-refractivity contribution in [2.45, 2.75) is 6.36 Å². The first kappa shape index (κ1) is 15.7. The van der Waals surface area contributed by atoms with Gasteiger partial charge in [-0.05, 0) is 36.4 Å². The van der Waals surface area contributed by atoms with E-state index in [-0.39, 0.29) is 5.75 Å². The molecule has 1 amide bonds. The van der Waals surface area contributed by atoms with E-state index in [1.54, 1.807) is 24.3 Å². The van der Waals surface area contributed by atoms with Gasteiger partial charge in [0, 0.05) is 5.69 Å². The molecule has 0 radical (unpaired) electrons. The second-order valence-electron chi connectivity index (χ2n) is 4.23. The van der Waals surface area contributed by atoms with Crippen molar-refractivity contribution < 1.29 is 27.4 Å². The number of anilines is 1. The van der Waals surface area contributed by atoms with E-state index in [0.717, 1.165) is 12.1 Å². The Hall–Kier alpha value is -2.70. The molecule has 0 heterocycles. The average molecular weight is 311 g/mol. The molecule has 4 nitrogen and oxygen atoms in total. The van der Waals surface area contributed by atoms with Gasteiger partial charge < -0.3 is 14.8 Å². The highest BCUT2D eigenvalue weighted by Crippen LogP contribution is 2.24. The third-order valence-electron chi connectivity index (χ3n) is 2.70. The molecule has 0 aliphatic heterocycles. The number of benzene rings is 2. The lowest BCUT2D eigenvalue weighted by Crippen LogP contribution is -2.17. The average Bonchev–Trinajstić information content (AvgIpc) is 2.47. The summed E-state index contributed by atoms with van der Waals surface area (Å²) in [5, 5.41) is 2.57. The fourth-order valence-corrected chi connectivity index (χ4v) is 1.77. The molecule has 0 unspecified atom stereocenters. The van der Waals surface area contributed by atoms with Gasteiger partial charge in [0.15, 0.2) is 0 Å². The van der Waals surface area contributed by atoms with E-state index in [1.165, 1.54) is 19.2 Å². The molecule has 116 valence electrons. The van der Waals surface area contributed by atoms with E-state index in [2.05, 4.69) is 10.1 Å². The largest absolute Gasteiger partial charge is 0.573 e. The van der Waals surface area contributed by atoms with Crippen molar-refractivity contribution in [2.75, 3.05) is 12.4 Å². The molecular weight excluding hydrogens is 299 g/mol. The van der Waals surface area contributed by atoms with E-state index in [9.17, 15) is 18.0 Å². The monoisotopic (exact) mass is 311 g/mol. The summed E-state index contributed by atoms with van der Waals surface area (Å²) in [5.41, 5.74) is 0.658. The number of carbonyl (C=O) groups is 1. The number of nitrogens with one attached hydrogen (secondary N) is 1. The Bertz CT molecular complexity index is 654. The molecule has 2 rings (SSSR count). The van der Waals surface area contributed by atoms with Crippen LogP contribution in [0.25, 0.3) is 0 Å². The minimum atomic E-state index is -4.75. The quantitative estimate of drug-likeness (QED) is 0.933. The number of methoxy groups -OCH3 is 1.